The summed E-state index contributed by atoms with van der Waals surface area (Å²) in [6, 6.07) is 1.60. The zero-order chi connectivity index (χ0) is 11.7. The second kappa shape index (κ2) is 4.61. The number of fused-ring (bicyclic) bond motifs is 3. The van der Waals surface area contributed by atoms with Crippen LogP contribution in [-0.2, 0) is 0 Å². The maximum Gasteiger partial charge on any atom is 0.143 e. The smallest absolute Gasteiger partial charge is 0.143 e. The third-order valence-electron chi connectivity index (χ3n) is 3.86. The summed E-state index contributed by atoms with van der Waals surface area (Å²) in [5, 5.41) is 3.52. The number of hydrogen-bond donors (Lipinski definition) is 1. The molecule has 2 bridgehead atoms. The lowest BCUT2D eigenvalue weighted by Crippen LogP contribution is -2.40. The lowest BCUT2D eigenvalue weighted by Gasteiger charge is -2.30. The van der Waals surface area contributed by atoms with Crippen molar-refractivity contribution in [3.63, 3.8) is 0 Å². The first-order valence-corrected chi connectivity index (χ1v) is 6.37. The second-order valence-electron chi connectivity index (χ2n) is 5.23. The highest BCUT2D eigenvalue weighted by Crippen LogP contribution is 2.27. The molecule has 4 heteroatoms. The van der Waals surface area contributed by atoms with Gasteiger partial charge in [0.2, 0.25) is 0 Å². The molecule has 0 amide bonds. The number of halogens is 1. The molecular weight excluding hydrogens is 217 g/mol. The van der Waals surface area contributed by atoms with Gasteiger partial charge in [0.25, 0.3) is 0 Å². The molecule has 0 spiro atoms. The van der Waals surface area contributed by atoms with Crippen molar-refractivity contribution >= 4 is 5.69 Å². The first-order valence-electron chi connectivity index (χ1n) is 6.37. The molecule has 0 radical (unpaired) electrons. The van der Waals surface area contributed by atoms with E-state index in [2.05, 4.69) is 15.2 Å². The standard InChI is InChI=1S/C13H18FN3/c14-12-3-13(7-16-6-12)17-8-10-1-2-11(9-17)5-15-4-10/h3,6-7,10-11,15H,1-2,4-5,8-9H2. The Kier molecular flexibility index (Phi) is 2.97. The van der Waals surface area contributed by atoms with E-state index in [0.29, 0.717) is 11.8 Å². The van der Waals surface area contributed by atoms with Crippen LogP contribution in [0.2, 0.25) is 0 Å². The molecule has 0 saturated carbocycles. The van der Waals surface area contributed by atoms with Crippen LogP contribution in [0.3, 0.4) is 0 Å². The molecule has 2 unspecified atom stereocenters. The van der Waals surface area contributed by atoms with Crippen LogP contribution in [0.15, 0.2) is 18.5 Å². The number of pyridine rings is 1. The molecule has 92 valence electrons. The third-order valence-corrected chi connectivity index (χ3v) is 3.86. The van der Waals surface area contributed by atoms with E-state index in [-0.39, 0.29) is 5.82 Å². The minimum absolute atomic E-state index is 0.241. The normalized spacial score (nSPS) is 28.9. The highest BCUT2D eigenvalue weighted by Gasteiger charge is 2.27. The lowest BCUT2D eigenvalue weighted by atomic mass is 10.0. The first-order chi connectivity index (χ1) is 8.31. The van der Waals surface area contributed by atoms with Crippen LogP contribution in [0.5, 0.6) is 0 Å². The van der Waals surface area contributed by atoms with Gasteiger partial charge < -0.3 is 10.2 Å². The van der Waals surface area contributed by atoms with Gasteiger partial charge in [-0.2, -0.15) is 0 Å². The highest BCUT2D eigenvalue weighted by atomic mass is 19.1. The van der Waals surface area contributed by atoms with Crippen molar-refractivity contribution < 1.29 is 4.39 Å². The number of anilines is 1. The Morgan fingerprint density at radius 2 is 1.88 bits per heavy atom. The molecule has 1 aromatic heterocycles. The monoisotopic (exact) mass is 235 g/mol. The quantitative estimate of drug-likeness (QED) is 0.802. The summed E-state index contributed by atoms with van der Waals surface area (Å²) < 4.78 is 13.2. The largest absolute Gasteiger partial charge is 0.370 e. The predicted octanol–water partition coefficient (Wildman–Crippen LogP) is 1.66. The summed E-state index contributed by atoms with van der Waals surface area (Å²) in [4.78, 5) is 6.26. The van der Waals surface area contributed by atoms with Gasteiger partial charge >= 0.3 is 0 Å². The van der Waals surface area contributed by atoms with E-state index in [1.807, 2.05) is 0 Å². The topological polar surface area (TPSA) is 28.2 Å². The fraction of sp³-hybridized carbons (Fsp3) is 0.615. The van der Waals surface area contributed by atoms with Crippen LogP contribution in [-0.4, -0.2) is 31.2 Å². The van der Waals surface area contributed by atoms with Crippen molar-refractivity contribution in [3.8, 4) is 0 Å². The van der Waals surface area contributed by atoms with Crippen molar-refractivity contribution in [2.75, 3.05) is 31.1 Å². The summed E-state index contributed by atoms with van der Waals surface area (Å²) >= 11 is 0. The van der Waals surface area contributed by atoms with Crippen LogP contribution in [0.4, 0.5) is 10.1 Å². The van der Waals surface area contributed by atoms with E-state index in [9.17, 15) is 4.39 Å². The van der Waals surface area contributed by atoms with Crippen molar-refractivity contribution in [2.45, 2.75) is 12.8 Å². The Morgan fingerprint density at radius 1 is 1.18 bits per heavy atom. The fourth-order valence-electron chi connectivity index (χ4n) is 2.96. The molecule has 2 aliphatic heterocycles. The van der Waals surface area contributed by atoms with Gasteiger partial charge in [-0.15, -0.1) is 0 Å². The Labute approximate surface area is 101 Å². The number of hydrogen-bond acceptors (Lipinski definition) is 3. The predicted molar refractivity (Wildman–Crippen MR) is 65.5 cm³/mol. The van der Waals surface area contributed by atoms with Crippen molar-refractivity contribution in [1.29, 1.82) is 0 Å². The maximum absolute atomic E-state index is 13.2. The average Bonchev–Trinajstić information content (AvgIpc) is 2.62. The molecule has 1 N–H and O–H groups in total. The Bertz CT molecular complexity index is 382. The van der Waals surface area contributed by atoms with E-state index in [0.717, 1.165) is 31.9 Å². The van der Waals surface area contributed by atoms with Gasteiger partial charge in [-0.3, -0.25) is 4.98 Å². The lowest BCUT2D eigenvalue weighted by molar-refractivity contribution is 0.458. The van der Waals surface area contributed by atoms with Crippen molar-refractivity contribution in [3.05, 3.63) is 24.3 Å². The molecule has 3 rings (SSSR count). The SMILES string of the molecule is Fc1cncc(N2CC3CCC(CNC3)C2)c1. The number of nitrogens with zero attached hydrogens (tertiary/aromatic N) is 2. The van der Waals surface area contributed by atoms with Gasteiger partial charge in [-0.05, 0) is 37.8 Å². The Morgan fingerprint density at radius 3 is 2.53 bits per heavy atom. The molecule has 2 fully saturated rings. The van der Waals surface area contributed by atoms with Gasteiger partial charge in [0, 0.05) is 19.2 Å². The van der Waals surface area contributed by atoms with E-state index in [1.165, 1.54) is 19.0 Å². The summed E-state index contributed by atoms with van der Waals surface area (Å²) in [6.07, 6.45) is 5.62. The summed E-state index contributed by atoms with van der Waals surface area (Å²) in [7, 11) is 0. The Hall–Kier alpha value is -1.16. The zero-order valence-electron chi connectivity index (χ0n) is 9.90. The van der Waals surface area contributed by atoms with Gasteiger partial charge in [0.1, 0.15) is 5.82 Å². The molecule has 0 aromatic carbocycles. The van der Waals surface area contributed by atoms with E-state index >= 15 is 0 Å². The van der Waals surface area contributed by atoms with Crippen LogP contribution >= 0.6 is 0 Å². The first kappa shape index (κ1) is 11.0. The van der Waals surface area contributed by atoms with Crippen molar-refractivity contribution in [1.82, 2.24) is 10.3 Å². The maximum atomic E-state index is 13.2. The molecule has 3 nitrogen and oxygen atoms in total. The molecular formula is C13H18FN3. The highest BCUT2D eigenvalue weighted by molar-refractivity contribution is 5.44. The minimum Gasteiger partial charge on any atom is -0.370 e. The number of nitrogens with one attached hydrogen (secondary N) is 1. The number of aromatic nitrogens is 1. The van der Waals surface area contributed by atoms with E-state index < -0.39 is 0 Å². The molecule has 3 heterocycles. The summed E-state index contributed by atoms with van der Waals surface area (Å²) in [5.74, 6) is 1.13. The molecule has 1 aromatic rings. The van der Waals surface area contributed by atoms with Gasteiger partial charge in [0.15, 0.2) is 0 Å². The average molecular weight is 235 g/mol. The molecule has 2 saturated heterocycles. The zero-order valence-corrected chi connectivity index (χ0v) is 9.90. The van der Waals surface area contributed by atoms with Crippen LogP contribution in [0.25, 0.3) is 0 Å². The Balaban J connectivity index is 1.83. The van der Waals surface area contributed by atoms with Crippen molar-refractivity contribution in [2.24, 2.45) is 11.8 Å². The fourth-order valence-corrected chi connectivity index (χ4v) is 2.96. The molecule has 0 aliphatic carbocycles. The van der Waals surface area contributed by atoms with E-state index in [1.54, 1.807) is 12.3 Å². The van der Waals surface area contributed by atoms with Gasteiger partial charge in [0.05, 0.1) is 18.1 Å². The molecule has 2 aliphatic rings. The van der Waals surface area contributed by atoms with Crippen LogP contribution in [0, 0.1) is 17.7 Å². The molecule has 17 heavy (non-hydrogen) atoms. The minimum atomic E-state index is -0.241. The van der Waals surface area contributed by atoms with Crippen LogP contribution in [0.1, 0.15) is 12.8 Å². The number of rotatable bonds is 1. The van der Waals surface area contributed by atoms with E-state index in [4.69, 9.17) is 0 Å². The summed E-state index contributed by atoms with van der Waals surface area (Å²) in [5.41, 5.74) is 0.934. The van der Waals surface area contributed by atoms with Gasteiger partial charge in [-0.1, -0.05) is 0 Å². The van der Waals surface area contributed by atoms with Crippen LogP contribution < -0.4 is 10.2 Å². The van der Waals surface area contributed by atoms with Gasteiger partial charge in [-0.25, -0.2) is 4.39 Å². The second-order valence-corrected chi connectivity index (χ2v) is 5.23. The summed E-state index contributed by atoms with van der Waals surface area (Å²) in [6.45, 7) is 4.23. The third kappa shape index (κ3) is 2.41. The molecule has 2 atom stereocenters.